The number of halogens is 1. The van der Waals surface area contributed by atoms with Gasteiger partial charge in [-0.15, -0.1) is 11.3 Å². The Balaban J connectivity index is 2.10. The summed E-state index contributed by atoms with van der Waals surface area (Å²) in [7, 11) is 1.51. The van der Waals surface area contributed by atoms with Gasteiger partial charge in [-0.1, -0.05) is 0 Å². The number of fused-ring (bicyclic) bond motifs is 1. The van der Waals surface area contributed by atoms with E-state index in [1.807, 2.05) is 6.92 Å². The van der Waals surface area contributed by atoms with Gasteiger partial charge in [0.25, 0.3) is 0 Å². The number of rotatable bonds is 4. The Morgan fingerprint density at radius 1 is 1.43 bits per heavy atom. The van der Waals surface area contributed by atoms with Crippen molar-refractivity contribution >= 4 is 27.2 Å². The topological polar surface area (TPSA) is 44.1 Å². The first-order chi connectivity index (χ1) is 10.1. The largest absolute Gasteiger partial charge is 0.493 e. The maximum Gasteiger partial charge on any atom is 0.224 e. The van der Waals surface area contributed by atoms with Crippen LogP contribution >= 0.6 is 11.3 Å². The number of benzene rings is 1. The summed E-state index contributed by atoms with van der Waals surface area (Å²) in [6.45, 7) is 2.48. The van der Waals surface area contributed by atoms with Gasteiger partial charge in [0.15, 0.2) is 11.4 Å². The quantitative estimate of drug-likeness (QED) is 0.693. The van der Waals surface area contributed by atoms with Gasteiger partial charge >= 0.3 is 0 Å². The number of nitrogens with zero attached hydrogens (tertiary/aromatic N) is 2. The van der Waals surface area contributed by atoms with E-state index in [0.717, 1.165) is 10.1 Å². The van der Waals surface area contributed by atoms with E-state index in [4.69, 9.17) is 4.74 Å². The maximum absolute atomic E-state index is 13.2. The fourth-order valence-corrected chi connectivity index (χ4v) is 3.21. The molecule has 0 bridgehead atoms. The van der Waals surface area contributed by atoms with Crippen molar-refractivity contribution in [1.29, 1.82) is 0 Å². The van der Waals surface area contributed by atoms with Crippen LogP contribution in [0.1, 0.15) is 22.3 Å². The zero-order valence-electron chi connectivity index (χ0n) is 11.6. The lowest BCUT2D eigenvalue weighted by molar-refractivity contribution is 0.103. The zero-order chi connectivity index (χ0) is 15.0. The second-order valence-electron chi connectivity index (χ2n) is 4.50. The Kier molecular flexibility index (Phi) is 3.47. The summed E-state index contributed by atoms with van der Waals surface area (Å²) in [4.78, 5) is 13.2. The molecule has 0 saturated heterocycles. The second kappa shape index (κ2) is 5.29. The van der Waals surface area contributed by atoms with Gasteiger partial charge in [0, 0.05) is 11.2 Å². The first-order valence-electron chi connectivity index (χ1n) is 6.47. The smallest absolute Gasteiger partial charge is 0.224 e. The lowest BCUT2D eigenvalue weighted by Crippen LogP contribution is -2.10. The number of ketones is 1. The van der Waals surface area contributed by atoms with Crippen LogP contribution in [0.5, 0.6) is 5.75 Å². The highest BCUT2D eigenvalue weighted by Crippen LogP contribution is 2.30. The minimum Gasteiger partial charge on any atom is -0.493 e. The molecule has 0 aliphatic heterocycles. The molecular formula is C15H13FN2O2S. The average Bonchev–Trinajstić information content (AvgIpc) is 3.08. The highest BCUT2D eigenvalue weighted by molar-refractivity contribution is 7.21. The van der Waals surface area contributed by atoms with E-state index in [-0.39, 0.29) is 11.6 Å². The number of aromatic nitrogens is 2. The number of carbonyl (C=O) groups excluding carboxylic acids is 1. The van der Waals surface area contributed by atoms with Gasteiger partial charge in [-0.25, -0.2) is 4.39 Å². The Morgan fingerprint density at radius 2 is 2.24 bits per heavy atom. The van der Waals surface area contributed by atoms with Gasteiger partial charge in [-0.3, -0.25) is 9.48 Å². The van der Waals surface area contributed by atoms with Gasteiger partial charge in [0.1, 0.15) is 5.82 Å². The lowest BCUT2D eigenvalue weighted by Gasteiger charge is -2.04. The molecule has 3 aromatic rings. The highest BCUT2D eigenvalue weighted by Gasteiger charge is 2.22. The van der Waals surface area contributed by atoms with E-state index >= 15 is 0 Å². The molecule has 0 aliphatic carbocycles. The van der Waals surface area contributed by atoms with Gasteiger partial charge in [-0.2, -0.15) is 5.10 Å². The van der Waals surface area contributed by atoms with Gasteiger partial charge in [0.05, 0.1) is 18.2 Å². The SMILES string of the molecule is CCn1ncc(OC)c1C(=O)c1cc2cc(F)ccc2s1. The van der Waals surface area contributed by atoms with E-state index in [1.54, 1.807) is 16.8 Å². The van der Waals surface area contributed by atoms with Crippen molar-refractivity contribution in [1.82, 2.24) is 9.78 Å². The predicted molar refractivity (Wildman–Crippen MR) is 79.7 cm³/mol. The molecule has 1 aromatic carbocycles. The van der Waals surface area contributed by atoms with E-state index in [2.05, 4.69) is 5.10 Å². The molecule has 6 heteroatoms. The lowest BCUT2D eigenvalue weighted by atomic mass is 10.2. The van der Waals surface area contributed by atoms with Gasteiger partial charge in [-0.05, 0) is 36.6 Å². The summed E-state index contributed by atoms with van der Waals surface area (Å²) in [5, 5.41) is 4.86. The van der Waals surface area contributed by atoms with Crippen molar-refractivity contribution in [3.05, 3.63) is 46.9 Å². The van der Waals surface area contributed by atoms with E-state index in [1.165, 1.54) is 36.8 Å². The van der Waals surface area contributed by atoms with Crippen molar-refractivity contribution in [3.63, 3.8) is 0 Å². The van der Waals surface area contributed by atoms with Crippen molar-refractivity contribution < 1.29 is 13.9 Å². The molecule has 21 heavy (non-hydrogen) atoms. The molecule has 108 valence electrons. The minimum atomic E-state index is -0.310. The third kappa shape index (κ3) is 2.31. The van der Waals surface area contributed by atoms with Crippen molar-refractivity contribution in [2.75, 3.05) is 7.11 Å². The number of aryl methyl sites for hydroxylation is 1. The van der Waals surface area contributed by atoms with Crippen LogP contribution in [0.15, 0.2) is 30.5 Å². The van der Waals surface area contributed by atoms with Crippen LogP contribution in [0.4, 0.5) is 4.39 Å². The molecule has 0 aliphatic rings. The standard InChI is InChI=1S/C15H13FN2O2S/c1-3-18-14(11(20-2)8-17-18)15(19)13-7-9-6-10(16)4-5-12(9)21-13/h4-8H,3H2,1-2H3. The van der Waals surface area contributed by atoms with Crippen molar-refractivity contribution in [2.24, 2.45) is 0 Å². The molecule has 0 amide bonds. The van der Waals surface area contributed by atoms with Crippen LogP contribution in [-0.2, 0) is 6.54 Å². The second-order valence-corrected chi connectivity index (χ2v) is 5.58. The number of methoxy groups -OCH3 is 1. The van der Waals surface area contributed by atoms with Crippen molar-refractivity contribution in [2.45, 2.75) is 13.5 Å². The van der Waals surface area contributed by atoms with Crippen LogP contribution in [0.2, 0.25) is 0 Å². The summed E-state index contributed by atoms with van der Waals surface area (Å²) < 4.78 is 20.9. The summed E-state index contributed by atoms with van der Waals surface area (Å²) in [6, 6.07) is 6.21. The number of ether oxygens (including phenoxy) is 1. The molecular weight excluding hydrogens is 291 g/mol. The maximum atomic E-state index is 13.2. The molecule has 0 N–H and O–H groups in total. The molecule has 0 fully saturated rings. The van der Waals surface area contributed by atoms with Gasteiger partial charge < -0.3 is 4.74 Å². The molecule has 0 saturated carbocycles. The third-order valence-electron chi connectivity index (χ3n) is 3.24. The monoisotopic (exact) mass is 304 g/mol. The summed E-state index contributed by atoms with van der Waals surface area (Å²) in [5.41, 5.74) is 0.423. The van der Waals surface area contributed by atoms with Gasteiger partial charge in [0.2, 0.25) is 5.78 Å². The molecule has 0 atom stereocenters. The van der Waals surface area contributed by atoms with Crippen LogP contribution in [0.3, 0.4) is 0 Å². The van der Waals surface area contributed by atoms with E-state index < -0.39 is 0 Å². The Hall–Kier alpha value is -2.21. The fraction of sp³-hybridized carbons (Fsp3) is 0.200. The highest BCUT2D eigenvalue weighted by atomic mass is 32.1. The molecule has 2 aromatic heterocycles. The number of hydrogen-bond acceptors (Lipinski definition) is 4. The molecule has 0 radical (unpaired) electrons. The van der Waals surface area contributed by atoms with Crippen LogP contribution in [0.25, 0.3) is 10.1 Å². The molecule has 0 unspecified atom stereocenters. The minimum absolute atomic E-state index is 0.159. The zero-order valence-corrected chi connectivity index (χ0v) is 12.4. The Bertz CT molecular complexity index is 801. The molecule has 3 rings (SSSR count). The first kappa shape index (κ1) is 13.8. The fourth-order valence-electron chi connectivity index (χ4n) is 2.23. The molecule has 0 spiro atoms. The Labute approximate surface area is 124 Å². The normalized spacial score (nSPS) is 11.0. The Morgan fingerprint density at radius 3 is 2.95 bits per heavy atom. The van der Waals surface area contributed by atoms with E-state index in [0.29, 0.717) is 22.9 Å². The van der Waals surface area contributed by atoms with Crippen LogP contribution in [0, 0.1) is 5.82 Å². The summed E-state index contributed by atoms with van der Waals surface area (Å²) in [6.07, 6.45) is 1.53. The average molecular weight is 304 g/mol. The predicted octanol–water partition coefficient (Wildman–Crippen LogP) is 3.50. The number of hydrogen-bond donors (Lipinski definition) is 0. The third-order valence-corrected chi connectivity index (χ3v) is 4.36. The molecule has 2 heterocycles. The number of carbonyl (C=O) groups is 1. The summed E-state index contributed by atoms with van der Waals surface area (Å²) in [5.74, 6) is -0.0197. The van der Waals surface area contributed by atoms with E-state index in [9.17, 15) is 9.18 Å². The number of thiophene rings is 1. The summed E-state index contributed by atoms with van der Waals surface area (Å²) >= 11 is 1.34. The van der Waals surface area contributed by atoms with Crippen LogP contribution < -0.4 is 4.74 Å². The molecule has 4 nitrogen and oxygen atoms in total. The van der Waals surface area contributed by atoms with Crippen molar-refractivity contribution in [3.8, 4) is 5.75 Å². The first-order valence-corrected chi connectivity index (χ1v) is 7.29. The van der Waals surface area contributed by atoms with Crippen LogP contribution in [-0.4, -0.2) is 22.7 Å².